The van der Waals surface area contributed by atoms with E-state index >= 15 is 0 Å². The smallest absolute Gasteiger partial charge is 0.133 e. The summed E-state index contributed by atoms with van der Waals surface area (Å²) in [6.07, 6.45) is 9.46. The zero-order chi connectivity index (χ0) is 10.2. The van der Waals surface area contributed by atoms with E-state index in [1.54, 1.807) is 6.92 Å². The maximum Gasteiger partial charge on any atom is 0.133 e. The third-order valence-electron chi connectivity index (χ3n) is 4.66. The van der Waals surface area contributed by atoms with Gasteiger partial charge >= 0.3 is 0 Å². The molecule has 2 fully saturated rings. The lowest BCUT2D eigenvalue weighted by Crippen LogP contribution is -2.34. The molecule has 0 aliphatic heterocycles. The van der Waals surface area contributed by atoms with Crippen LogP contribution in [-0.2, 0) is 4.79 Å². The molecule has 2 aliphatic carbocycles. The van der Waals surface area contributed by atoms with Gasteiger partial charge in [-0.3, -0.25) is 4.79 Å². The highest BCUT2D eigenvalue weighted by Crippen LogP contribution is 2.52. The van der Waals surface area contributed by atoms with Gasteiger partial charge in [0, 0.05) is 5.92 Å². The lowest BCUT2D eigenvalue weighted by atomic mass is 9.64. The lowest BCUT2D eigenvalue weighted by Gasteiger charge is -2.40. The minimum Gasteiger partial charge on any atom is -0.300 e. The molecule has 1 spiro atoms. The fraction of sp³-hybridized carbons (Fsp3) is 0.923. The van der Waals surface area contributed by atoms with Gasteiger partial charge in [-0.15, -0.1) is 0 Å². The fourth-order valence-corrected chi connectivity index (χ4v) is 3.63. The molecular formula is C13H22O. The Balaban J connectivity index is 2.08. The van der Waals surface area contributed by atoms with Crippen molar-refractivity contribution in [3.63, 3.8) is 0 Å². The molecule has 2 rings (SSSR count). The molecule has 1 nitrogen and oxygen atoms in total. The van der Waals surface area contributed by atoms with Gasteiger partial charge < -0.3 is 0 Å². The first-order valence-electron chi connectivity index (χ1n) is 6.13. The Morgan fingerprint density at radius 3 is 2.43 bits per heavy atom. The molecule has 0 amide bonds. The summed E-state index contributed by atoms with van der Waals surface area (Å²) >= 11 is 0. The van der Waals surface area contributed by atoms with E-state index in [1.807, 2.05) is 0 Å². The summed E-state index contributed by atoms with van der Waals surface area (Å²) in [5.41, 5.74) is 0.586. The quantitative estimate of drug-likeness (QED) is 0.623. The van der Waals surface area contributed by atoms with Crippen LogP contribution in [0.3, 0.4) is 0 Å². The number of Topliss-reactive ketones (excluding diaryl/α,β-unsaturated/α-hetero) is 1. The van der Waals surface area contributed by atoms with E-state index in [4.69, 9.17) is 0 Å². The van der Waals surface area contributed by atoms with E-state index in [2.05, 4.69) is 6.92 Å². The van der Waals surface area contributed by atoms with Gasteiger partial charge in [-0.25, -0.2) is 0 Å². The van der Waals surface area contributed by atoms with Gasteiger partial charge in [-0.2, -0.15) is 0 Å². The Bertz CT molecular complexity index is 225. The van der Waals surface area contributed by atoms with Crippen molar-refractivity contribution < 1.29 is 4.79 Å². The van der Waals surface area contributed by atoms with Gasteiger partial charge in [0.2, 0.25) is 0 Å². The summed E-state index contributed by atoms with van der Waals surface area (Å²) < 4.78 is 0. The number of hydrogen-bond acceptors (Lipinski definition) is 1. The Morgan fingerprint density at radius 1 is 1.21 bits per heavy atom. The second-order valence-corrected chi connectivity index (χ2v) is 5.64. The van der Waals surface area contributed by atoms with Crippen LogP contribution in [0.4, 0.5) is 0 Å². The summed E-state index contributed by atoms with van der Waals surface area (Å²) in [4.78, 5) is 11.5. The first-order chi connectivity index (χ1) is 6.63. The third-order valence-corrected chi connectivity index (χ3v) is 4.66. The molecular weight excluding hydrogens is 172 g/mol. The zero-order valence-corrected chi connectivity index (χ0v) is 9.51. The van der Waals surface area contributed by atoms with Gasteiger partial charge in [-0.1, -0.05) is 19.8 Å². The average Bonchev–Trinajstić information content (AvgIpc) is 2.58. The molecule has 1 heteroatoms. The second kappa shape index (κ2) is 3.67. The van der Waals surface area contributed by atoms with Crippen molar-refractivity contribution in [2.24, 2.45) is 17.3 Å². The number of carbonyl (C=O) groups is 1. The van der Waals surface area contributed by atoms with Crippen LogP contribution in [0, 0.1) is 17.3 Å². The monoisotopic (exact) mass is 194 g/mol. The molecule has 2 unspecified atom stereocenters. The molecule has 14 heavy (non-hydrogen) atoms. The van der Waals surface area contributed by atoms with Gasteiger partial charge in [0.1, 0.15) is 5.78 Å². The van der Waals surface area contributed by atoms with Gasteiger partial charge in [-0.05, 0) is 50.4 Å². The Morgan fingerprint density at radius 2 is 1.86 bits per heavy atom. The highest BCUT2D eigenvalue weighted by Gasteiger charge is 2.42. The van der Waals surface area contributed by atoms with Crippen molar-refractivity contribution in [2.75, 3.05) is 0 Å². The van der Waals surface area contributed by atoms with Crippen molar-refractivity contribution in [1.29, 1.82) is 0 Å². The zero-order valence-electron chi connectivity index (χ0n) is 9.51. The Labute approximate surface area is 87.3 Å². The van der Waals surface area contributed by atoms with Crippen molar-refractivity contribution in [1.82, 2.24) is 0 Å². The molecule has 0 aromatic rings. The van der Waals surface area contributed by atoms with E-state index in [-0.39, 0.29) is 0 Å². The van der Waals surface area contributed by atoms with Crippen LogP contribution in [0.15, 0.2) is 0 Å². The molecule has 80 valence electrons. The lowest BCUT2D eigenvalue weighted by molar-refractivity contribution is -0.125. The van der Waals surface area contributed by atoms with Crippen molar-refractivity contribution in [2.45, 2.75) is 58.8 Å². The summed E-state index contributed by atoms with van der Waals surface area (Å²) in [7, 11) is 0. The van der Waals surface area contributed by atoms with Crippen LogP contribution in [0.2, 0.25) is 0 Å². The number of ketones is 1. The van der Waals surface area contributed by atoms with Crippen molar-refractivity contribution >= 4 is 5.78 Å². The van der Waals surface area contributed by atoms with E-state index in [9.17, 15) is 4.79 Å². The van der Waals surface area contributed by atoms with E-state index in [1.165, 1.54) is 44.9 Å². The summed E-state index contributed by atoms with van der Waals surface area (Å²) in [6, 6.07) is 0. The maximum absolute atomic E-state index is 11.5. The van der Waals surface area contributed by atoms with Crippen molar-refractivity contribution in [3.05, 3.63) is 0 Å². The molecule has 2 aliphatic rings. The molecule has 0 saturated heterocycles. The standard InChI is InChI=1S/C13H22O/c1-10-5-8-13(6-3-4-7-13)9-12(10)11(2)14/h10,12H,3-9H2,1-2H3. The van der Waals surface area contributed by atoms with Crippen molar-refractivity contribution in [3.8, 4) is 0 Å². The number of hydrogen-bond donors (Lipinski definition) is 0. The van der Waals surface area contributed by atoms with Gasteiger partial charge in [0.25, 0.3) is 0 Å². The summed E-state index contributed by atoms with van der Waals surface area (Å²) in [5.74, 6) is 1.45. The minimum atomic E-state index is 0.377. The molecule has 0 N–H and O–H groups in total. The minimum absolute atomic E-state index is 0.377. The van der Waals surface area contributed by atoms with Crippen LogP contribution in [0.25, 0.3) is 0 Å². The average molecular weight is 194 g/mol. The molecule has 2 atom stereocenters. The number of carbonyl (C=O) groups excluding carboxylic acids is 1. The molecule has 2 saturated carbocycles. The van der Waals surface area contributed by atoms with Crippen LogP contribution in [0.5, 0.6) is 0 Å². The topological polar surface area (TPSA) is 17.1 Å². The Hall–Kier alpha value is -0.330. The predicted octanol–water partition coefficient (Wildman–Crippen LogP) is 3.57. The SMILES string of the molecule is CC(=O)C1CC2(CCCC2)CCC1C. The maximum atomic E-state index is 11.5. The molecule has 0 aromatic heterocycles. The van der Waals surface area contributed by atoms with Gasteiger partial charge in [0.05, 0.1) is 0 Å². The molecule has 0 aromatic carbocycles. The Kier molecular flexibility index (Phi) is 2.68. The van der Waals surface area contributed by atoms with Gasteiger partial charge in [0.15, 0.2) is 0 Å². The summed E-state index contributed by atoms with van der Waals surface area (Å²) in [5, 5.41) is 0. The normalized spacial score (nSPS) is 36.1. The van der Waals surface area contributed by atoms with Crippen LogP contribution in [-0.4, -0.2) is 5.78 Å². The van der Waals surface area contributed by atoms with Crippen LogP contribution in [0.1, 0.15) is 58.8 Å². The predicted molar refractivity (Wildman–Crippen MR) is 58.1 cm³/mol. The van der Waals surface area contributed by atoms with Crippen LogP contribution >= 0.6 is 0 Å². The number of rotatable bonds is 1. The fourth-order valence-electron chi connectivity index (χ4n) is 3.63. The van der Waals surface area contributed by atoms with Crippen LogP contribution < -0.4 is 0 Å². The third kappa shape index (κ3) is 1.74. The first kappa shape index (κ1) is 10.2. The molecule has 0 bridgehead atoms. The highest BCUT2D eigenvalue weighted by atomic mass is 16.1. The first-order valence-corrected chi connectivity index (χ1v) is 6.13. The second-order valence-electron chi connectivity index (χ2n) is 5.64. The largest absolute Gasteiger partial charge is 0.300 e. The molecule has 0 heterocycles. The van der Waals surface area contributed by atoms with E-state index in [0.29, 0.717) is 23.0 Å². The highest BCUT2D eigenvalue weighted by molar-refractivity contribution is 5.78. The molecule has 0 radical (unpaired) electrons. The summed E-state index contributed by atoms with van der Waals surface area (Å²) in [6.45, 7) is 4.04. The van der Waals surface area contributed by atoms with E-state index in [0.717, 1.165) is 0 Å². The van der Waals surface area contributed by atoms with E-state index < -0.39 is 0 Å².